The van der Waals surface area contributed by atoms with Crippen molar-refractivity contribution in [2.75, 3.05) is 19.7 Å². The maximum Gasteiger partial charge on any atom is 0.111 e. The summed E-state index contributed by atoms with van der Waals surface area (Å²) in [6, 6.07) is 7.82. The zero-order valence-corrected chi connectivity index (χ0v) is 13.4. The molecule has 0 spiro atoms. The maximum atomic E-state index is 10.0. The highest BCUT2D eigenvalue weighted by molar-refractivity contribution is 5.47. The Labute approximate surface area is 136 Å². The summed E-state index contributed by atoms with van der Waals surface area (Å²) >= 11 is 0. The van der Waals surface area contributed by atoms with Crippen molar-refractivity contribution in [1.82, 2.24) is 4.90 Å². The van der Waals surface area contributed by atoms with Crippen molar-refractivity contribution in [1.29, 1.82) is 0 Å². The van der Waals surface area contributed by atoms with Gasteiger partial charge in [0.1, 0.15) is 18.3 Å². The molecule has 0 aliphatic heterocycles. The summed E-state index contributed by atoms with van der Waals surface area (Å²) in [4.78, 5) is 1.91. The van der Waals surface area contributed by atoms with Crippen LogP contribution in [-0.4, -0.2) is 74.5 Å². The summed E-state index contributed by atoms with van der Waals surface area (Å²) in [6.45, 7) is 6.30. The Hall–Kier alpha value is -1.28. The number of aliphatic hydroxyl groups is 5. The van der Waals surface area contributed by atoms with Crippen molar-refractivity contribution in [3.8, 4) is 0 Å². The third kappa shape index (κ3) is 6.02. The van der Waals surface area contributed by atoms with Crippen LogP contribution in [0.15, 0.2) is 30.8 Å². The Morgan fingerprint density at radius 2 is 1.61 bits per heavy atom. The van der Waals surface area contributed by atoms with Gasteiger partial charge in [-0.15, -0.1) is 0 Å². The molecule has 0 aliphatic rings. The van der Waals surface area contributed by atoms with Gasteiger partial charge in [-0.1, -0.05) is 43.8 Å². The fourth-order valence-corrected chi connectivity index (χ4v) is 2.26. The Morgan fingerprint density at radius 1 is 1.04 bits per heavy atom. The molecule has 0 saturated heterocycles. The smallest absolute Gasteiger partial charge is 0.111 e. The number of rotatable bonds is 10. The highest BCUT2D eigenvalue weighted by Gasteiger charge is 2.30. The van der Waals surface area contributed by atoms with Gasteiger partial charge in [0.2, 0.25) is 0 Å². The van der Waals surface area contributed by atoms with Gasteiger partial charge in [0.25, 0.3) is 0 Å². The molecule has 1 aromatic rings. The summed E-state index contributed by atoms with van der Waals surface area (Å²) in [7, 11) is 0. The molecule has 0 aromatic heterocycles. The molecule has 0 fully saturated rings. The Kier molecular flexibility index (Phi) is 8.40. The molecule has 4 atom stereocenters. The number of hydrogen-bond donors (Lipinski definition) is 5. The second-order valence-corrected chi connectivity index (χ2v) is 5.57. The molecule has 130 valence electrons. The van der Waals surface area contributed by atoms with E-state index in [0.717, 1.165) is 11.1 Å². The molecular weight excluding hydrogens is 298 g/mol. The van der Waals surface area contributed by atoms with Gasteiger partial charge in [-0.3, -0.25) is 4.90 Å². The van der Waals surface area contributed by atoms with Gasteiger partial charge in [0.15, 0.2) is 0 Å². The van der Waals surface area contributed by atoms with Crippen LogP contribution in [-0.2, 0) is 6.54 Å². The molecule has 23 heavy (non-hydrogen) atoms. The second-order valence-electron chi connectivity index (χ2n) is 5.57. The van der Waals surface area contributed by atoms with Crippen LogP contribution >= 0.6 is 0 Å². The number of likely N-dealkylation sites (N-methyl/N-ethyl adjacent to an activating group) is 1. The van der Waals surface area contributed by atoms with Crippen molar-refractivity contribution in [3.63, 3.8) is 0 Å². The minimum absolute atomic E-state index is 0.135. The Balaban J connectivity index is 2.61. The van der Waals surface area contributed by atoms with Crippen LogP contribution in [0.25, 0.3) is 6.08 Å². The quantitative estimate of drug-likeness (QED) is 0.400. The molecule has 0 amide bonds. The van der Waals surface area contributed by atoms with Gasteiger partial charge in [0.05, 0.1) is 12.7 Å². The zero-order valence-electron chi connectivity index (χ0n) is 13.4. The summed E-state index contributed by atoms with van der Waals surface area (Å²) in [5, 5.41) is 47.6. The summed E-state index contributed by atoms with van der Waals surface area (Å²) in [5.74, 6) is 0. The van der Waals surface area contributed by atoms with Crippen molar-refractivity contribution < 1.29 is 25.5 Å². The molecule has 0 saturated carbocycles. The largest absolute Gasteiger partial charge is 0.394 e. The minimum atomic E-state index is -1.60. The van der Waals surface area contributed by atoms with E-state index in [1.165, 1.54) is 0 Å². The number of benzene rings is 1. The average molecular weight is 325 g/mol. The number of aliphatic hydroxyl groups excluding tert-OH is 5. The molecule has 5 N–H and O–H groups in total. The molecule has 1 aromatic carbocycles. The molecule has 1 rings (SSSR count). The fourth-order valence-electron chi connectivity index (χ4n) is 2.26. The van der Waals surface area contributed by atoms with Crippen molar-refractivity contribution in [2.45, 2.75) is 37.9 Å². The van der Waals surface area contributed by atoms with E-state index in [2.05, 4.69) is 6.58 Å². The zero-order chi connectivity index (χ0) is 17.4. The van der Waals surface area contributed by atoms with Crippen LogP contribution in [0.1, 0.15) is 18.1 Å². The highest BCUT2D eigenvalue weighted by Crippen LogP contribution is 2.11. The summed E-state index contributed by atoms with van der Waals surface area (Å²) in [5.41, 5.74) is 2.07. The lowest BCUT2D eigenvalue weighted by atomic mass is 10.0. The molecule has 6 nitrogen and oxygen atoms in total. The lowest BCUT2D eigenvalue weighted by molar-refractivity contribution is -0.119. The Bertz CT molecular complexity index is 465. The van der Waals surface area contributed by atoms with E-state index >= 15 is 0 Å². The van der Waals surface area contributed by atoms with Gasteiger partial charge in [0, 0.05) is 13.1 Å². The fraction of sp³-hybridized carbons (Fsp3) is 0.529. The lowest BCUT2D eigenvalue weighted by Crippen LogP contribution is -2.49. The van der Waals surface area contributed by atoms with Gasteiger partial charge < -0.3 is 25.5 Å². The average Bonchev–Trinajstić information content (AvgIpc) is 2.59. The Morgan fingerprint density at radius 3 is 2.09 bits per heavy atom. The van der Waals surface area contributed by atoms with Gasteiger partial charge >= 0.3 is 0 Å². The van der Waals surface area contributed by atoms with Crippen LogP contribution in [0.5, 0.6) is 0 Å². The molecule has 0 heterocycles. The van der Waals surface area contributed by atoms with Gasteiger partial charge in [-0.2, -0.15) is 0 Å². The van der Waals surface area contributed by atoms with E-state index in [1.54, 1.807) is 6.08 Å². The summed E-state index contributed by atoms with van der Waals surface area (Å²) in [6.07, 6.45) is -4.09. The monoisotopic (exact) mass is 325 g/mol. The molecular formula is C17H27NO5. The maximum absolute atomic E-state index is 10.0. The highest BCUT2D eigenvalue weighted by atomic mass is 16.4. The van der Waals surface area contributed by atoms with E-state index in [-0.39, 0.29) is 6.54 Å². The predicted octanol–water partition coefficient (Wildman–Crippen LogP) is -0.413. The SMILES string of the molecule is C=Cc1ccc(CN(CC)C[C@H](O)[C@@H](O)[C@H](O)[C@H](O)CO)cc1. The first-order chi connectivity index (χ1) is 10.9. The predicted molar refractivity (Wildman–Crippen MR) is 88.6 cm³/mol. The summed E-state index contributed by atoms with van der Waals surface area (Å²) < 4.78 is 0. The first kappa shape index (κ1) is 19.8. The van der Waals surface area contributed by atoms with E-state index in [4.69, 9.17) is 5.11 Å². The van der Waals surface area contributed by atoms with Crippen LogP contribution in [0.3, 0.4) is 0 Å². The van der Waals surface area contributed by atoms with Gasteiger partial charge in [-0.05, 0) is 17.7 Å². The first-order valence-electron chi connectivity index (χ1n) is 7.69. The standard InChI is InChI=1S/C17H27NO5/c1-3-12-5-7-13(8-6-12)9-18(4-2)10-14(20)16(22)17(23)15(21)11-19/h3,5-8,14-17,19-23H,1,4,9-11H2,2H3/t14-,15+,16+,17+/m0/s1. The van der Waals surface area contributed by atoms with E-state index in [1.807, 2.05) is 36.1 Å². The number of nitrogens with zero attached hydrogens (tertiary/aromatic N) is 1. The molecule has 0 radical (unpaired) electrons. The number of hydrogen-bond acceptors (Lipinski definition) is 6. The van der Waals surface area contributed by atoms with Crippen molar-refractivity contribution in [2.24, 2.45) is 0 Å². The van der Waals surface area contributed by atoms with Crippen LogP contribution in [0, 0.1) is 0 Å². The molecule has 0 unspecified atom stereocenters. The van der Waals surface area contributed by atoms with Crippen LogP contribution in [0.2, 0.25) is 0 Å². The minimum Gasteiger partial charge on any atom is -0.394 e. The second kappa shape index (κ2) is 9.77. The van der Waals surface area contributed by atoms with Crippen LogP contribution in [0.4, 0.5) is 0 Å². The first-order valence-corrected chi connectivity index (χ1v) is 7.69. The molecule has 6 heteroatoms. The topological polar surface area (TPSA) is 104 Å². The van der Waals surface area contributed by atoms with E-state index in [9.17, 15) is 20.4 Å². The normalized spacial score (nSPS) is 16.8. The van der Waals surface area contributed by atoms with Crippen molar-refractivity contribution >= 4 is 6.08 Å². The van der Waals surface area contributed by atoms with Gasteiger partial charge in [-0.25, -0.2) is 0 Å². The lowest BCUT2D eigenvalue weighted by Gasteiger charge is -2.29. The van der Waals surface area contributed by atoms with E-state index < -0.39 is 31.0 Å². The third-order valence-corrected chi connectivity index (χ3v) is 3.84. The molecule has 0 bridgehead atoms. The van der Waals surface area contributed by atoms with E-state index in [0.29, 0.717) is 13.1 Å². The van der Waals surface area contributed by atoms with Crippen LogP contribution < -0.4 is 0 Å². The third-order valence-electron chi connectivity index (χ3n) is 3.84. The van der Waals surface area contributed by atoms with Crippen molar-refractivity contribution in [3.05, 3.63) is 42.0 Å². The molecule has 0 aliphatic carbocycles.